The molecule has 6 heteroatoms. The summed E-state index contributed by atoms with van der Waals surface area (Å²) in [6.07, 6.45) is 5.97. The summed E-state index contributed by atoms with van der Waals surface area (Å²) in [4.78, 5) is 15.0. The molecule has 2 heterocycles. The summed E-state index contributed by atoms with van der Waals surface area (Å²) in [5.74, 6) is 0.274. The van der Waals surface area contributed by atoms with E-state index in [1.54, 1.807) is 12.4 Å². The van der Waals surface area contributed by atoms with Crippen LogP contribution in [0.5, 0.6) is 5.75 Å². The maximum absolute atomic E-state index is 10.7. The van der Waals surface area contributed by atoms with E-state index < -0.39 is 5.97 Å². The van der Waals surface area contributed by atoms with E-state index in [2.05, 4.69) is 15.2 Å². The Balaban J connectivity index is 1.41. The van der Waals surface area contributed by atoms with E-state index in [0.29, 0.717) is 12.5 Å². The number of aromatic nitrogens is 3. The molecule has 2 aromatic heterocycles. The number of aliphatic carboxylic acids is 1. The third-order valence-corrected chi connectivity index (χ3v) is 3.74. The lowest BCUT2D eigenvalue weighted by Crippen LogP contribution is -2.02. The highest BCUT2D eigenvalue weighted by atomic mass is 16.5. The number of pyridine rings is 1. The van der Waals surface area contributed by atoms with E-state index in [-0.39, 0.29) is 5.92 Å². The summed E-state index contributed by atoms with van der Waals surface area (Å²) in [6, 6.07) is 5.61. The molecule has 21 heavy (non-hydrogen) atoms. The minimum absolute atomic E-state index is 0.125. The third-order valence-electron chi connectivity index (χ3n) is 3.74. The molecular formula is C15H17N3O3. The zero-order valence-corrected chi connectivity index (χ0v) is 11.5. The number of nitrogens with zero attached hydrogens (tertiary/aromatic N) is 2. The van der Waals surface area contributed by atoms with E-state index in [9.17, 15) is 4.79 Å². The van der Waals surface area contributed by atoms with Gasteiger partial charge in [-0.15, -0.1) is 0 Å². The third kappa shape index (κ3) is 3.39. The first kappa shape index (κ1) is 13.6. The number of ether oxygens (including phenoxy) is 1. The van der Waals surface area contributed by atoms with Gasteiger partial charge in [0.2, 0.25) is 0 Å². The van der Waals surface area contributed by atoms with Gasteiger partial charge in [0.05, 0.1) is 30.1 Å². The molecule has 3 rings (SSSR count). The normalized spacial score (nSPS) is 20.2. The molecule has 1 aliphatic rings. The maximum atomic E-state index is 10.7. The first-order valence-corrected chi connectivity index (χ1v) is 7.05. The van der Waals surface area contributed by atoms with Crippen molar-refractivity contribution >= 4 is 5.97 Å². The molecular weight excluding hydrogens is 270 g/mol. The van der Waals surface area contributed by atoms with Gasteiger partial charge in [-0.1, -0.05) is 0 Å². The van der Waals surface area contributed by atoms with Gasteiger partial charge in [0, 0.05) is 6.20 Å². The highest BCUT2D eigenvalue weighted by molar-refractivity contribution is 5.73. The molecule has 2 aromatic rings. The fourth-order valence-electron chi connectivity index (χ4n) is 2.43. The van der Waals surface area contributed by atoms with Crippen LogP contribution in [-0.2, 0) is 4.79 Å². The van der Waals surface area contributed by atoms with E-state index in [1.807, 2.05) is 18.2 Å². The van der Waals surface area contributed by atoms with Crippen LogP contribution in [-0.4, -0.2) is 32.9 Å². The van der Waals surface area contributed by atoms with Crippen molar-refractivity contribution in [1.82, 2.24) is 15.2 Å². The van der Waals surface area contributed by atoms with Crippen LogP contribution in [0.2, 0.25) is 0 Å². The van der Waals surface area contributed by atoms with Crippen LogP contribution in [0, 0.1) is 11.8 Å². The van der Waals surface area contributed by atoms with Gasteiger partial charge in [-0.2, -0.15) is 5.10 Å². The number of carboxylic acid groups (broad SMARTS) is 1. The van der Waals surface area contributed by atoms with Crippen molar-refractivity contribution in [2.24, 2.45) is 11.8 Å². The lowest BCUT2D eigenvalue weighted by Gasteiger charge is -2.06. The second-order valence-electron chi connectivity index (χ2n) is 5.28. The number of carbonyl (C=O) groups is 1. The van der Waals surface area contributed by atoms with Crippen molar-refractivity contribution in [3.8, 4) is 17.1 Å². The fraction of sp³-hybridized carbons (Fsp3) is 0.400. The number of nitrogens with one attached hydrogen (secondary N) is 1. The molecule has 0 bridgehead atoms. The Kier molecular flexibility index (Phi) is 3.85. The summed E-state index contributed by atoms with van der Waals surface area (Å²) in [7, 11) is 0. The van der Waals surface area contributed by atoms with Gasteiger partial charge < -0.3 is 9.84 Å². The van der Waals surface area contributed by atoms with E-state index in [0.717, 1.165) is 36.4 Å². The predicted molar refractivity (Wildman–Crippen MR) is 75.8 cm³/mol. The Bertz CT molecular complexity index is 595. The average Bonchev–Trinajstić information content (AvgIpc) is 3.06. The maximum Gasteiger partial charge on any atom is 0.306 e. The molecule has 1 saturated carbocycles. The lowest BCUT2D eigenvalue weighted by molar-refractivity contribution is -0.138. The molecule has 2 unspecified atom stereocenters. The first-order chi connectivity index (χ1) is 10.2. The molecule has 0 aliphatic heterocycles. The highest BCUT2D eigenvalue weighted by Gasteiger charge is 2.42. The first-order valence-electron chi connectivity index (χ1n) is 7.05. The van der Waals surface area contributed by atoms with Gasteiger partial charge in [-0.3, -0.25) is 14.9 Å². The van der Waals surface area contributed by atoms with Gasteiger partial charge in [0.15, 0.2) is 0 Å². The molecule has 0 aromatic carbocycles. The largest absolute Gasteiger partial charge is 0.492 e. The highest BCUT2D eigenvalue weighted by Crippen LogP contribution is 2.42. The SMILES string of the molecule is O=C(O)C1CC1CCCOc1ccc(-c2ccn[nH]2)nc1. The summed E-state index contributed by atoms with van der Waals surface area (Å²) in [6.45, 7) is 0.591. The van der Waals surface area contributed by atoms with E-state index in [1.165, 1.54) is 0 Å². The monoisotopic (exact) mass is 287 g/mol. The Labute approximate surface area is 122 Å². The van der Waals surface area contributed by atoms with Crippen molar-refractivity contribution in [3.63, 3.8) is 0 Å². The summed E-state index contributed by atoms with van der Waals surface area (Å²) in [5, 5.41) is 15.6. The quantitative estimate of drug-likeness (QED) is 0.763. The number of carboxylic acids is 1. The molecule has 2 N–H and O–H groups in total. The van der Waals surface area contributed by atoms with Gasteiger partial charge in [-0.25, -0.2) is 0 Å². The van der Waals surface area contributed by atoms with Crippen molar-refractivity contribution < 1.29 is 14.6 Å². The standard InChI is InChI=1S/C15H17N3O3/c19-15(20)12-8-10(12)2-1-7-21-11-3-4-13(16-9-11)14-5-6-17-18-14/h3-6,9-10,12H,1-2,7-8H2,(H,17,18)(H,19,20). The number of aromatic amines is 1. The predicted octanol–water partition coefficient (Wildman–Crippen LogP) is 2.35. The zero-order chi connectivity index (χ0) is 14.7. The van der Waals surface area contributed by atoms with Crippen LogP contribution in [0.4, 0.5) is 0 Å². The number of hydrogen-bond acceptors (Lipinski definition) is 4. The van der Waals surface area contributed by atoms with E-state index >= 15 is 0 Å². The van der Waals surface area contributed by atoms with Gasteiger partial charge >= 0.3 is 5.97 Å². The van der Waals surface area contributed by atoms with Crippen molar-refractivity contribution in [2.45, 2.75) is 19.3 Å². The average molecular weight is 287 g/mol. The summed E-state index contributed by atoms with van der Waals surface area (Å²) >= 11 is 0. The number of H-pyrrole nitrogens is 1. The van der Waals surface area contributed by atoms with Crippen LogP contribution < -0.4 is 4.74 Å². The van der Waals surface area contributed by atoms with Gasteiger partial charge in [-0.05, 0) is 43.4 Å². The minimum atomic E-state index is -0.667. The van der Waals surface area contributed by atoms with E-state index in [4.69, 9.17) is 9.84 Å². The van der Waals surface area contributed by atoms with Crippen LogP contribution in [0.1, 0.15) is 19.3 Å². The Morgan fingerprint density at radius 1 is 1.43 bits per heavy atom. The molecule has 1 aliphatic carbocycles. The number of rotatable bonds is 7. The molecule has 2 atom stereocenters. The van der Waals surface area contributed by atoms with Gasteiger partial charge in [0.25, 0.3) is 0 Å². The van der Waals surface area contributed by atoms with Crippen molar-refractivity contribution in [3.05, 3.63) is 30.6 Å². The molecule has 0 radical (unpaired) electrons. The molecule has 0 spiro atoms. The smallest absolute Gasteiger partial charge is 0.306 e. The molecule has 1 fully saturated rings. The Morgan fingerprint density at radius 2 is 2.33 bits per heavy atom. The van der Waals surface area contributed by atoms with Crippen LogP contribution in [0.15, 0.2) is 30.6 Å². The Morgan fingerprint density at radius 3 is 2.95 bits per heavy atom. The van der Waals surface area contributed by atoms with Crippen molar-refractivity contribution in [2.75, 3.05) is 6.61 Å². The lowest BCUT2D eigenvalue weighted by atomic mass is 10.2. The molecule has 6 nitrogen and oxygen atoms in total. The fourth-order valence-corrected chi connectivity index (χ4v) is 2.43. The second kappa shape index (κ2) is 5.95. The molecule has 110 valence electrons. The molecule has 0 saturated heterocycles. The van der Waals surface area contributed by atoms with Crippen molar-refractivity contribution in [1.29, 1.82) is 0 Å². The summed E-state index contributed by atoms with van der Waals surface area (Å²) < 4.78 is 5.62. The number of hydrogen-bond donors (Lipinski definition) is 2. The van der Waals surface area contributed by atoms with Crippen LogP contribution >= 0.6 is 0 Å². The second-order valence-corrected chi connectivity index (χ2v) is 5.28. The summed E-state index contributed by atoms with van der Waals surface area (Å²) in [5.41, 5.74) is 1.69. The topological polar surface area (TPSA) is 88.1 Å². The van der Waals surface area contributed by atoms with Gasteiger partial charge in [0.1, 0.15) is 5.75 Å². The molecule has 0 amide bonds. The Hall–Kier alpha value is -2.37. The van der Waals surface area contributed by atoms with Crippen LogP contribution in [0.3, 0.4) is 0 Å². The minimum Gasteiger partial charge on any atom is -0.492 e. The van der Waals surface area contributed by atoms with Crippen LogP contribution in [0.25, 0.3) is 11.4 Å². The zero-order valence-electron chi connectivity index (χ0n) is 11.5.